The van der Waals surface area contributed by atoms with Crippen molar-refractivity contribution < 1.29 is 49.3 Å². The number of nitrogens with one attached hydrogen (secondary N) is 2. The highest BCUT2D eigenvalue weighted by molar-refractivity contribution is 5.80. The van der Waals surface area contributed by atoms with Crippen LogP contribution >= 0.6 is 0 Å². The Hall–Kier alpha value is -1.43. The van der Waals surface area contributed by atoms with Gasteiger partial charge in [-0.05, 0) is 52.2 Å². The lowest BCUT2D eigenvalue weighted by atomic mass is 9.83. The number of aliphatic hydroxyl groups excluding tert-OH is 4. The molecule has 1 saturated heterocycles. The molecule has 0 aromatic heterocycles. The molecule has 2 fully saturated rings. The summed E-state index contributed by atoms with van der Waals surface area (Å²) in [6.07, 6.45) is -3.11. The van der Waals surface area contributed by atoms with Crippen LogP contribution in [-0.4, -0.2) is 125 Å². The molecule has 14 heteroatoms. The van der Waals surface area contributed by atoms with Crippen LogP contribution in [-0.2, 0) is 23.7 Å². The zero-order valence-electron chi connectivity index (χ0n) is 24.2. The van der Waals surface area contributed by atoms with Crippen molar-refractivity contribution in [1.82, 2.24) is 10.6 Å². The van der Waals surface area contributed by atoms with Crippen molar-refractivity contribution in [3.63, 3.8) is 0 Å². The number of unbranched alkanes of at least 4 members (excludes halogenated alkanes) is 1. The second-order valence-electron chi connectivity index (χ2n) is 11.5. The molecule has 12 atom stereocenters. The molecule has 2 heterocycles. The van der Waals surface area contributed by atoms with Crippen LogP contribution in [0, 0.1) is 0 Å². The van der Waals surface area contributed by atoms with Gasteiger partial charge in [0.15, 0.2) is 6.29 Å². The fourth-order valence-electron chi connectivity index (χ4n) is 5.66. The molecule has 0 spiro atoms. The largest absolute Gasteiger partial charge is 0.468 e. The van der Waals surface area contributed by atoms with E-state index in [0.29, 0.717) is 31.4 Å². The quantitative estimate of drug-likeness (QED) is 0.107. The van der Waals surface area contributed by atoms with Gasteiger partial charge in [-0.2, -0.15) is 0 Å². The molecule has 1 saturated carbocycles. The van der Waals surface area contributed by atoms with Crippen molar-refractivity contribution in [2.75, 3.05) is 20.3 Å². The number of nitrogens with two attached hydrogens (primary N) is 2. The van der Waals surface area contributed by atoms with Gasteiger partial charge in [0.1, 0.15) is 36.1 Å². The summed E-state index contributed by atoms with van der Waals surface area (Å²) in [6.45, 7) is 3.27. The fourth-order valence-corrected chi connectivity index (χ4v) is 5.66. The predicted octanol–water partition coefficient (Wildman–Crippen LogP) is -1.69. The Balaban J connectivity index is 0.00000616. The summed E-state index contributed by atoms with van der Waals surface area (Å²) in [5.41, 5.74) is 11.3. The molecule has 0 bridgehead atoms. The standard InChI is InChI=1S/C27H50N4O10.CH4/c1-4-7-18(33)24(36)31-17-12-16(29)21(40-25-15(28)10-9-14(39-25)8-5-6-11-32)19(34)22(17)41-26-20(35)23(30-3)27(2,37)13-38-26;/h9,15-23,25-26,30,32-35,37H,4-8,10-13,28-29H2,1-3H3,(H,31,36);1H4. The van der Waals surface area contributed by atoms with Crippen LogP contribution in [0.2, 0.25) is 0 Å². The summed E-state index contributed by atoms with van der Waals surface area (Å²) in [6, 6.07) is -2.97. The van der Waals surface area contributed by atoms with Crippen molar-refractivity contribution in [2.24, 2.45) is 11.5 Å². The van der Waals surface area contributed by atoms with Gasteiger partial charge in [0.25, 0.3) is 0 Å². The van der Waals surface area contributed by atoms with E-state index in [1.54, 1.807) is 7.05 Å². The monoisotopic (exact) mass is 606 g/mol. The molecule has 0 aromatic carbocycles. The predicted molar refractivity (Wildman–Crippen MR) is 154 cm³/mol. The van der Waals surface area contributed by atoms with Gasteiger partial charge in [0.05, 0.1) is 30.5 Å². The lowest BCUT2D eigenvalue weighted by molar-refractivity contribution is -0.304. The van der Waals surface area contributed by atoms with E-state index in [2.05, 4.69) is 10.6 Å². The molecule has 12 unspecified atom stereocenters. The van der Waals surface area contributed by atoms with Crippen molar-refractivity contribution in [3.05, 3.63) is 11.8 Å². The lowest BCUT2D eigenvalue weighted by Gasteiger charge is -2.49. The first-order valence-electron chi connectivity index (χ1n) is 14.6. The van der Waals surface area contributed by atoms with E-state index >= 15 is 0 Å². The Bertz CT molecular complexity index is 865. The number of rotatable bonds is 13. The third kappa shape index (κ3) is 9.05. The normalized spacial score (nSPS) is 39.4. The second-order valence-corrected chi connectivity index (χ2v) is 11.5. The maximum Gasteiger partial charge on any atom is 0.249 e. The van der Waals surface area contributed by atoms with Crippen molar-refractivity contribution in [1.29, 1.82) is 0 Å². The zero-order valence-corrected chi connectivity index (χ0v) is 24.2. The molecular weight excluding hydrogens is 552 g/mol. The van der Waals surface area contributed by atoms with E-state index in [-0.39, 0.29) is 33.5 Å². The highest BCUT2D eigenvalue weighted by Crippen LogP contribution is 2.32. The SMILES string of the molecule is C.CCCC(O)C(=O)NC1CC(N)C(OC2OC(CCCCO)=CCC2N)C(O)C1OC1OCC(C)(O)C(NC)C1O. The molecule has 14 nitrogen and oxygen atoms in total. The maximum atomic E-state index is 12.7. The molecule has 42 heavy (non-hydrogen) atoms. The number of hydrogen-bond acceptors (Lipinski definition) is 13. The lowest BCUT2D eigenvalue weighted by Crippen LogP contribution is -2.69. The Morgan fingerprint density at radius 3 is 2.50 bits per heavy atom. The topological polar surface area (TPSA) is 231 Å². The van der Waals surface area contributed by atoms with Gasteiger partial charge in [-0.1, -0.05) is 20.8 Å². The van der Waals surface area contributed by atoms with Crippen LogP contribution in [0.4, 0.5) is 0 Å². The van der Waals surface area contributed by atoms with Gasteiger partial charge < -0.3 is 66.6 Å². The van der Waals surface area contributed by atoms with Gasteiger partial charge in [-0.15, -0.1) is 0 Å². The first kappa shape index (κ1) is 36.8. The van der Waals surface area contributed by atoms with Crippen LogP contribution in [0.15, 0.2) is 11.8 Å². The average molecular weight is 607 g/mol. The molecule has 1 amide bonds. The van der Waals surface area contributed by atoms with Crippen LogP contribution < -0.4 is 22.1 Å². The Morgan fingerprint density at radius 2 is 1.86 bits per heavy atom. The Morgan fingerprint density at radius 1 is 1.17 bits per heavy atom. The average Bonchev–Trinajstić information content (AvgIpc) is 2.91. The third-order valence-electron chi connectivity index (χ3n) is 8.00. The van der Waals surface area contributed by atoms with E-state index in [9.17, 15) is 25.2 Å². The van der Waals surface area contributed by atoms with E-state index < -0.39 is 78.8 Å². The minimum absolute atomic E-state index is 0. The van der Waals surface area contributed by atoms with Crippen molar-refractivity contribution in [3.8, 4) is 0 Å². The van der Waals surface area contributed by atoms with Crippen LogP contribution in [0.3, 0.4) is 0 Å². The molecule has 11 N–H and O–H groups in total. The number of hydrogen-bond donors (Lipinski definition) is 9. The summed E-state index contributed by atoms with van der Waals surface area (Å²) in [7, 11) is 1.58. The molecule has 3 rings (SSSR count). The number of amides is 1. The number of allylic oxidation sites excluding steroid dienone is 1. The fraction of sp³-hybridized carbons (Fsp3) is 0.893. The molecule has 246 valence electrons. The molecule has 3 aliphatic rings. The smallest absolute Gasteiger partial charge is 0.249 e. The first-order chi connectivity index (χ1) is 19.4. The summed E-state index contributed by atoms with van der Waals surface area (Å²) in [5, 5.41) is 58.0. The number of carbonyl (C=O) groups excluding carboxylic acids is 1. The van der Waals surface area contributed by atoms with Crippen LogP contribution in [0.1, 0.15) is 66.2 Å². The number of ether oxygens (including phenoxy) is 4. The van der Waals surface area contributed by atoms with Gasteiger partial charge in [-0.25, -0.2) is 0 Å². The zero-order chi connectivity index (χ0) is 30.3. The number of likely N-dealkylation sites (N-methyl/N-ethyl adjacent to an activating group) is 1. The molecular formula is C28H54N4O10. The third-order valence-corrected chi connectivity index (χ3v) is 8.00. The van der Waals surface area contributed by atoms with Crippen molar-refractivity contribution >= 4 is 5.91 Å². The minimum Gasteiger partial charge on any atom is -0.468 e. The molecule has 2 aliphatic heterocycles. The second kappa shape index (κ2) is 16.6. The summed E-state index contributed by atoms with van der Waals surface area (Å²) in [4.78, 5) is 12.7. The number of carbonyl (C=O) groups is 1. The van der Waals surface area contributed by atoms with E-state index in [4.69, 9.17) is 35.5 Å². The van der Waals surface area contributed by atoms with Crippen LogP contribution in [0.5, 0.6) is 0 Å². The molecule has 1 aliphatic carbocycles. The molecule has 0 radical (unpaired) electrons. The van der Waals surface area contributed by atoms with Gasteiger partial charge >= 0.3 is 0 Å². The maximum absolute atomic E-state index is 12.7. The van der Waals surface area contributed by atoms with Crippen LogP contribution in [0.25, 0.3) is 0 Å². The van der Waals surface area contributed by atoms with Gasteiger partial charge in [0, 0.05) is 19.1 Å². The highest BCUT2D eigenvalue weighted by atomic mass is 16.7. The van der Waals surface area contributed by atoms with E-state index in [1.165, 1.54) is 6.92 Å². The Labute approximate surface area is 248 Å². The minimum atomic E-state index is -1.42. The summed E-state index contributed by atoms with van der Waals surface area (Å²) >= 11 is 0. The van der Waals surface area contributed by atoms with Gasteiger partial charge in [0.2, 0.25) is 12.2 Å². The summed E-state index contributed by atoms with van der Waals surface area (Å²) < 4.78 is 23.9. The Kier molecular flexibility index (Phi) is 14.5. The van der Waals surface area contributed by atoms with Crippen molar-refractivity contribution in [2.45, 2.75) is 139 Å². The van der Waals surface area contributed by atoms with Gasteiger partial charge in [-0.3, -0.25) is 4.79 Å². The van der Waals surface area contributed by atoms with E-state index in [1.807, 2.05) is 13.0 Å². The van der Waals surface area contributed by atoms with E-state index in [0.717, 1.165) is 6.42 Å². The number of aliphatic hydroxyl groups is 5. The first-order valence-corrected chi connectivity index (χ1v) is 14.6. The highest BCUT2D eigenvalue weighted by Gasteiger charge is 2.51. The summed E-state index contributed by atoms with van der Waals surface area (Å²) in [5.74, 6) is 0.0384. The molecule has 0 aromatic rings.